The number of aryl methyl sites for hydroxylation is 1. The number of aromatic nitrogens is 2. The largest absolute Gasteiger partial charge is 0.382 e. The fourth-order valence-electron chi connectivity index (χ4n) is 1.76. The molecule has 4 heteroatoms. The van der Waals surface area contributed by atoms with E-state index < -0.39 is 5.67 Å². The summed E-state index contributed by atoms with van der Waals surface area (Å²) in [5.74, 6) is 0.435. The van der Waals surface area contributed by atoms with E-state index in [9.17, 15) is 4.39 Å². The third-order valence-electron chi connectivity index (χ3n) is 2.81. The quantitative estimate of drug-likeness (QED) is 0.837. The van der Waals surface area contributed by atoms with Gasteiger partial charge in [0.25, 0.3) is 0 Å². The van der Waals surface area contributed by atoms with Gasteiger partial charge in [-0.15, -0.1) is 0 Å². The van der Waals surface area contributed by atoms with Crippen LogP contribution in [0.25, 0.3) is 11.3 Å². The second kappa shape index (κ2) is 3.87. The highest BCUT2D eigenvalue weighted by Gasteiger charge is 2.20. The molecule has 0 saturated carbocycles. The third kappa shape index (κ3) is 2.30. The van der Waals surface area contributed by atoms with Crippen LogP contribution in [0.4, 0.5) is 10.2 Å². The average Bonchev–Trinajstić information content (AvgIpc) is 2.63. The van der Waals surface area contributed by atoms with Crippen molar-refractivity contribution in [3.05, 3.63) is 35.4 Å². The van der Waals surface area contributed by atoms with Crippen LogP contribution < -0.4 is 5.73 Å². The van der Waals surface area contributed by atoms with Crippen molar-refractivity contribution in [3.63, 3.8) is 0 Å². The summed E-state index contributed by atoms with van der Waals surface area (Å²) in [6, 6.07) is 7.29. The lowest BCUT2D eigenvalue weighted by Gasteiger charge is -2.16. The second-order valence-electron chi connectivity index (χ2n) is 4.71. The Morgan fingerprint density at radius 2 is 2.00 bits per heavy atom. The SMILES string of the molecule is Cc1ccc(C(C)(C)F)cc1-c1cc(N)n[nH]1. The van der Waals surface area contributed by atoms with Gasteiger partial charge >= 0.3 is 0 Å². The zero-order chi connectivity index (χ0) is 12.6. The molecule has 0 fully saturated rings. The lowest BCUT2D eigenvalue weighted by molar-refractivity contribution is 0.221. The van der Waals surface area contributed by atoms with Gasteiger partial charge in [0.1, 0.15) is 11.5 Å². The maximum Gasteiger partial charge on any atom is 0.145 e. The minimum Gasteiger partial charge on any atom is -0.382 e. The number of alkyl halides is 1. The normalized spacial score (nSPS) is 11.8. The molecule has 3 nitrogen and oxygen atoms in total. The fourth-order valence-corrected chi connectivity index (χ4v) is 1.76. The predicted molar refractivity (Wildman–Crippen MR) is 67.3 cm³/mol. The molecule has 0 atom stereocenters. The number of halogens is 1. The number of H-pyrrole nitrogens is 1. The van der Waals surface area contributed by atoms with Crippen LogP contribution >= 0.6 is 0 Å². The maximum atomic E-state index is 13.9. The first kappa shape index (κ1) is 11.6. The minimum absolute atomic E-state index is 0.435. The average molecular weight is 233 g/mol. The summed E-state index contributed by atoms with van der Waals surface area (Å²) in [7, 11) is 0. The molecule has 0 bridgehead atoms. The van der Waals surface area contributed by atoms with E-state index in [1.165, 1.54) is 0 Å². The summed E-state index contributed by atoms with van der Waals surface area (Å²) in [5, 5.41) is 6.73. The number of nitrogen functional groups attached to an aromatic ring is 1. The second-order valence-corrected chi connectivity index (χ2v) is 4.71. The molecule has 2 rings (SSSR count). The molecule has 17 heavy (non-hydrogen) atoms. The first-order chi connectivity index (χ1) is 7.88. The van der Waals surface area contributed by atoms with Gasteiger partial charge in [0, 0.05) is 11.6 Å². The van der Waals surface area contributed by atoms with Crippen molar-refractivity contribution >= 4 is 5.82 Å². The minimum atomic E-state index is -1.35. The molecular formula is C13H16FN3. The van der Waals surface area contributed by atoms with Gasteiger partial charge in [-0.25, -0.2) is 4.39 Å². The number of hydrogen-bond acceptors (Lipinski definition) is 2. The van der Waals surface area contributed by atoms with Crippen molar-refractivity contribution in [2.75, 3.05) is 5.73 Å². The number of nitrogens with one attached hydrogen (secondary N) is 1. The Morgan fingerprint density at radius 1 is 1.29 bits per heavy atom. The van der Waals surface area contributed by atoms with Gasteiger partial charge in [-0.1, -0.05) is 12.1 Å². The lowest BCUT2D eigenvalue weighted by atomic mass is 9.94. The number of benzene rings is 1. The Hall–Kier alpha value is -1.84. The Morgan fingerprint density at radius 3 is 2.53 bits per heavy atom. The summed E-state index contributed by atoms with van der Waals surface area (Å²) in [5.41, 5.74) is 7.66. The molecule has 1 aromatic heterocycles. The number of anilines is 1. The number of nitrogens with zero attached hydrogens (tertiary/aromatic N) is 1. The van der Waals surface area contributed by atoms with Crippen molar-refractivity contribution in [1.82, 2.24) is 10.2 Å². The van der Waals surface area contributed by atoms with Gasteiger partial charge in [-0.2, -0.15) is 5.10 Å². The van der Waals surface area contributed by atoms with Crippen LogP contribution in [-0.4, -0.2) is 10.2 Å². The van der Waals surface area contributed by atoms with Crippen LogP contribution in [0, 0.1) is 6.92 Å². The van der Waals surface area contributed by atoms with Crippen LogP contribution in [0.3, 0.4) is 0 Å². The third-order valence-corrected chi connectivity index (χ3v) is 2.81. The molecule has 0 spiro atoms. The molecule has 0 aliphatic heterocycles. The highest BCUT2D eigenvalue weighted by Crippen LogP contribution is 2.30. The van der Waals surface area contributed by atoms with E-state index in [1.807, 2.05) is 19.1 Å². The van der Waals surface area contributed by atoms with Crippen molar-refractivity contribution in [2.24, 2.45) is 0 Å². The van der Waals surface area contributed by atoms with E-state index in [4.69, 9.17) is 5.73 Å². The van der Waals surface area contributed by atoms with Crippen molar-refractivity contribution in [1.29, 1.82) is 0 Å². The highest BCUT2D eigenvalue weighted by atomic mass is 19.1. The van der Waals surface area contributed by atoms with E-state index in [0.717, 1.165) is 16.8 Å². The summed E-state index contributed by atoms with van der Waals surface area (Å²) in [6.07, 6.45) is 0. The molecular weight excluding hydrogens is 217 g/mol. The molecule has 2 aromatic rings. The molecule has 0 aliphatic carbocycles. The van der Waals surface area contributed by atoms with Gasteiger partial charge in [0.05, 0.1) is 5.69 Å². The monoisotopic (exact) mass is 233 g/mol. The van der Waals surface area contributed by atoms with Crippen molar-refractivity contribution < 1.29 is 4.39 Å². The Bertz CT molecular complexity index is 538. The summed E-state index contributed by atoms with van der Waals surface area (Å²) in [4.78, 5) is 0. The standard InChI is InChI=1S/C13H16FN3/c1-8-4-5-9(13(2,3)14)6-10(8)11-7-12(15)17-16-11/h4-7H,1-3H3,(H3,15,16,17). The molecule has 1 aromatic carbocycles. The van der Waals surface area contributed by atoms with Crippen LogP contribution in [0.1, 0.15) is 25.0 Å². The van der Waals surface area contributed by atoms with E-state index in [-0.39, 0.29) is 0 Å². The van der Waals surface area contributed by atoms with Crippen LogP contribution in [-0.2, 0) is 5.67 Å². The molecule has 0 unspecified atom stereocenters. The molecule has 1 heterocycles. The summed E-state index contributed by atoms with van der Waals surface area (Å²) >= 11 is 0. The first-order valence-corrected chi connectivity index (χ1v) is 5.49. The molecule has 0 radical (unpaired) electrons. The van der Waals surface area contributed by atoms with Crippen LogP contribution in [0.2, 0.25) is 0 Å². The van der Waals surface area contributed by atoms with Crippen LogP contribution in [0.5, 0.6) is 0 Å². The number of aromatic amines is 1. The topological polar surface area (TPSA) is 54.7 Å². The van der Waals surface area contributed by atoms with Gasteiger partial charge in [0.2, 0.25) is 0 Å². The highest BCUT2D eigenvalue weighted by molar-refractivity contribution is 5.66. The number of hydrogen-bond donors (Lipinski definition) is 2. The van der Waals surface area contributed by atoms with Gasteiger partial charge in [-0.05, 0) is 38.0 Å². The van der Waals surface area contributed by atoms with Gasteiger partial charge in [-0.3, -0.25) is 5.10 Å². The molecule has 90 valence electrons. The molecule has 0 amide bonds. The van der Waals surface area contributed by atoms with E-state index >= 15 is 0 Å². The molecule has 0 aliphatic rings. The predicted octanol–water partition coefficient (Wildman–Crippen LogP) is 3.17. The van der Waals surface area contributed by atoms with Crippen molar-refractivity contribution in [3.8, 4) is 11.3 Å². The Kier molecular flexibility index (Phi) is 2.65. The van der Waals surface area contributed by atoms with E-state index in [1.54, 1.807) is 26.0 Å². The van der Waals surface area contributed by atoms with Crippen LogP contribution in [0.15, 0.2) is 24.3 Å². The Balaban J connectivity index is 2.54. The number of rotatable bonds is 2. The van der Waals surface area contributed by atoms with E-state index in [0.29, 0.717) is 11.4 Å². The fraction of sp³-hybridized carbons (Fsp3) is 0.308. The zero-order valence-corrected chi connectivity index (χ0v) is 10.2. The Labute approximate surface area is 99.9 Å². The smallest absolute Gasteiger partial charge is 0.145 e. The van der Waals surface area contributed by atoms with Gasteiger partial charge in [0.15, 0.2) is 0 Å². The molecule has 3 N–H and O–H groups in total. The summed E-state index contributed by atoms with van der Waals surface area (Å²) in [6.45, 7) is 5.06. The van der Waals surface area contributed by atoms with Gasteiger partial charge < -0.3 is 5.73 Å². The summed E-state index contributed by atoms with van der Waals surface area (Å²) < 4.78 is 13.9. The van der Waals surface area contributed by atoms with Crippen molar-refractivity contribution in [2.45, 2.75) is 26.4 Å². The lowest BCUT2D eigenvalue weighted by Crippen LogP contribution is -2.09. The molecule has 0 saturated heterocycles. The van der Waals surface area contributed by atoms with E-state index in [2.05, 4.69) is 10.2 Å². The zero-order valence-electron chi connectivity index (χ0n) is 10.2. The first-order valence-electron chi connectivity index (χ1n) is 5.49. The maximum absolute atomic E-state index is 13.9. The number of nitrogens with two attached hydrogens (primary N) is 1.